The van der Waals surface area contributed by atoms with E-state index in [9.17, 15) is 4.79 Å². The summed E-state index contributed by atoms with van der Waals surface area (Å²) in [6.07, 6.45) is 3.11. The minimum atomic E-state index is -0.170. The van der Waals surface area contributed by atoms with Gasteiger partial charge >= 0.3 is 0 Å². The van der Waals surface area contributed by atoms with Crippen LogP contribution in [0.2, 0.25) is 0 Å². The topological polar surface area (TPSA) is 67.2 Å². The maximum Gasteiger partial charge on any atom is 0.253 e. The molecule has 5 heteroatoms. The molecule has 0 saturated carbocycles. The summed E-state index contributed by atoms with van der Waals surface area (Å²) in [5.74, 6) is 1.28. The molecule has 0 fully saturated rings. The summed E-state index contributed by atoms with van der Waals surface area (Å²) in [6.45, 7) is 0.375. The van der Waals surface area contributed by atoms with Gasteiger partial charge in [0.2, 0.25) is 0 Å². The normalized spacial score (nSPS) is 9.94. The summed E-state index contributed by atoms with van der Waals surface area (Å²) >= 11 is 0. The molecule has 2 heterocycles. The number of anilines is 1. The van der Waals surface area contributed by atoms with Gasteiger partial charge in [0.1, 0.15) is 11.6 Å². The summed E-state index contributed by atoms with van der Waals surface area (Å²) in [5, 5.41) is 5.64. The van der Waals surface area contributed by atoms with Gasteiger partial charge in [-0.2, -0.15) is 0 Å². The van der Waals surface area contributed by atoms with Gasteiger partial charge in [-0.25, -0.2) is 4.98 Å². The van der Waals surface area contributed by atoms with Crippen LogP contribution in [0.15, 0.2) is 41.1 Å². The van der Waals surface area contributed by atoms with Gasteiger partial charge in [-0.05, 0) is 24.3 Å². The zero-order valence-corrected chi connectivity index (χ0v) is 9.43. The van der Waals surface area contributed by atoms with Gasteiger partial charge in [0.25, 0.3) is 5.91 Å². The van der Waals surface area contributed by atoms with E-state index in [1.807, 2.05) is 6.07 Å². The SMILES string of the molecule is CNc1ccc(C(=O)NCc2ccco2)cn1. The fourth-order valence-corrected chi connectivity index (χ4v) is 1.36. The molecular formula is C12H13N3O2. The van der Waals surface area contributed by atoms with Gasteiger partial charge in [-0.3, -0.25) is 4.79 Å². The molecule has 0 bridgehead atoms. The van der Waals surface area contributed by atoms with Crippen LogP contribution in [0.4, 0.5) is 5.82 Å². The highest BCUT2D eigenvalue weighted by Crippen LogP contribution is 2.05. The van der Waals surface area contributed by atoms with E-state index in [1.165, 1.54) is 6.20 Å². The van der Waals surface area contributed by atoms with Crippen LogP contribution in [-0.4, -0.2) is 17.9 Å². The minimum absolute atomic E-state index is 0.170. The molecule has 0 saturated heterocycles. The number of hydrogen-bond acceptors (Lipinski definition) is 4. The van der Waals surface area contributed by atoms with Crippen LogP contribution < -0.4 is 10.6 Å². The third-order valence-corrected chi connectivity index (χ3v) is 2.29. The van der Waals surface area contributed by atoms with Gasteiger partial charge in [0.15, 0.2) is 0 Å². The number of carbonyl (C=O) groups is 1. The number of furan rings is 1. The Morgan fingerprint density at radius 3 is 2.88 bits per heavy atom. The molecular weight excluding hydrogens is 218 g/mol. The Morgan fingerprint density at radius 1 is 1.41 bits per heavy atom. The largest absolute Gasteiger partial charge is 0.467 e. The van der Waals surface area contributed by atoms with Crippen molar-refractivity contribution in [2.75, 3.05) is 12.4 Å². The molecule has 0 aliphatic heterocycles. The second kappa shape index (κ2) is 5.16. The van der Waals surface area contributed by atoms with Crippen molar-refractivity contribution in [1.82, 2.24) is 10.3 Å². The highest BCUT2D eigenvalue weighted by atomic mass is 16.3. The molecule has 1 amide bonds. The lowest BCUT2D eigenvalue weighted by Crippen LogP contribution is -2.22. The van der Waals surface area contributed by atoms with E-state index < -0.39 is 0 Å². The van der Waals surface area contributed by atoms with Crippen molar-refractivity contribution in [2.24, 2.45) is 0 Å². The molecule has 2 rings (SSSR count). The van der Waals surface area contributed by atoms with Gasteiger partial charge in [0.05, 0.1) is 18.4 Å². The maximum atomic E-state index is 11.7. The summed E-state index contributed by atoms with van der Waals surface area (Å²) in [6, 6.07) is 7.06. The number of rotatable bonds is 4. The van der Waals surface area contributed by atoms with E-state index in [2.05, 4.69) is 15.6 Å². The van der Waals surface area contributed by atoms with Crippen LogP contribution in [0.1, 0.15) is 16.1 Å². The average molecular weight is 231 g/mol. The van der Waals surface area contributed by atoms with Crippen molar-refractivity contribution in [3.63, 3.8) is 0 Å². The highest BCUT2D eigenvalue weighted by molar-refractivity contribution is 5.93. The number of pyridine rings is 1. The average Bonchev–Trinajstić information content (AvgIpc) is 2.89. The molecule has 2 aromatic rings. The van der Waals surface area contributed by atoms with Gasteiger partial charge in [-0.15, -0.1) is 0 Å². The van der Waals surface area contributed by atoms with Crippen molar-refractivity contribution in [3.8, 4) is 0 Å². The molecule has 88 valence electrons. The van der Waals surface area contributed by atoms with E-state index in [0.717, 1.165) is 11.6 Å². The molecule has 17 heavy (non-hydrogen) atoms. The van der Waals surface area contributed by atoms with Crippen LogP contribution in [0.3, 0.4) is 0 Å². The van der Waals surface area contributed by atoms with Crippen molar-refractivity contribution in [3.05, 3.63) is 48.0 Å². The van der Waals surface area contributed by atoms with Crippen molar-refractivity contribution < 1.29 is 9.21 Å². The smallest absolute Gasteiger partial charge is 0.253 e. The first-order chi connectivity index (χ1) is 8.29. The van der Waals surface area contributed by atoms with Crippen LogP contribution in [-0.2, 0) is 6.54 Å². The highest BCUT2D eigenvalue weighted by Gasteiger charge is 2.06. The standard InChI is InChI=1S/C12H13N3O2/c1-13-11-5-4-9(7-14-11)12(16)15-8-10-3-2-6-17-10/h2-7H,8H2,1H3,(H,13,14)(H,15,16). The Kier molecular flexibility index (Phi) is 3.40. The first-order valence-corrected chi connectivity index (χ1v) is 5.24. The second-order valence-electron chi connectivity index (χ2n) is 3.44. The van der Waals surface area contributed by atoms with Gasteiger partial charge in [0, 0.05) is 13.2 Å². The van der Waals surface area contributed by atoms with Crippen molar-refractivity contribution >= 4 is 11.7 Å². The Hall–Kier alpha value is -2.30. The lowest BCUT2D eigenvalue weighted by molar-refractivity contribution is 0.0947. The van der Waals surface area contributed by atoms with Crippen LogP contribution in [0.5, 0.6) is 0 Å². The molecule has 0 aliphatic carbocycles. The lowest BCUT2D eigenvalue weighted by Gasteiger charge is -2.04. The summed E-state index contributed by atoms with van der Waals surface area (Å²) in [5.41, 5.74) is 0.524. The first-order valence-electron chi connectivity index (χ1n) is 5.24. The zero-order valence-electron chi connectivity index (χ0n) is 9.43. The Balaban J connectivity index is 1.95. The predicted octanol–water partition coefficient (Wildman–Crippen LogP) is 1.65. The fraction of sp³-hybridized carbons (Fsp3) is 0.167. The first kappa shape index (κ1) is 11.2. The molecule has 0 aromatic carbocycles. The van der Waals surface area contributed by atoms with Crippen molar-refractivity contribution in [2.45, 2.75) is 6.54 Å². The van der Waals surface area contributed by atoms with Crippen molar-refractivity contribution in [1.29, 1.82) is 0 Å². The van der Waals surface area contributed by atoms with E-state index in [4.69, 9.17) is 4.42 Å². The van der Waals surface area contributed by atoms with Crippen LogP contribution >= 0.6 is 0 Å². The molecule has 0 radical (unpaired) electrons. The molecule has 0 atom stereocenters. The summed E-state index contributed by atoms with van der Waals surface area (Å²) < 4.78 is 5.12. The van der Waals surface area contributed by atoms with Crippen LogP contribution in [0, 0.1) is 0 Å². The summed E-state index contributed by atoms with van der Waals surface area (Å²) in [7, 11) is 1.78. The van der Waals surface area contributed by atoms with Gasteiger partial charge in [-0.1, -0.05) is 0 Å². The molecule has 0 unspecified atom stereocenters. The van der Waals surface area contributed by atoms with E-state index >= 15 is 0 Å². The number of carbonyl (C=O) groups excluding carboxylic acids is 1. The number of aromatic nitrogens is 1. The van der Waals surface area contributed by atoms with Gasteiger partial charge < -0.3 is 15.1 Å². The molecule has 2 aromatic heterocycles. The lowest BCUT2D eigenvalue weighted by atomic mass is 10.2. The Morgan fingerprint density at radius 2 is 2.29 bits per heavy atom. The van der Waals surface area contributed by atoms with E-state index in [-0.39, 0.29) is 5.91 Å². The fourth-order valence-electron chi connectivity index (χ4n) is 1.36. The second-order valence-corrected chi connectivity index (χ2v) is 3.44. The Labute approximate surface area is 98.9 Å². The number of hydrogen-bond donors (Lipinski definition) is 2. The third kappa shape index (κ3) is 2.84. The molecule has 0 aliphatic rings. The number of amides is 1. The molecule has 2 N–H and O–H groups in total. The quantitative estimate of drug-likeness (QED) is 0.839. The molecule has 0 spiro atoms. The monoisotopic (exact) mass is 231 g/mol. The third-order valence-electron chi connectivity index (χ3n) is 2.29. The number of nitrogens with one attached hydrogen (secondary N) is 2. The summed E-state index contributed by atoms with van der Waals surface area (Å²) in [4.78, 5) is 15.8. The van der Waals surface area contributed by atoms with Crippen LogP contribution in [0.25, 0.3) is 0 Å². The maximum absolute atomic E-state index is 11.7. The number of nitrogens with zero attached hydrogens (tertiary/aromatic N) is 1. The minimum Gasteiger partial charge on any atom is -0.467 e. The predicted molar refractivity (Wildman–Crippen MR) is 63.7 cm³/mol. The van der Waals surface area contributed by atoms with E-state index in [1.54, 1.807) is 31.5 Å². The van der Waals surface area contributed by atoms with E-state index in [0.29, 0.717) is 12.1 Å². The zero-order chi connectivity index (χ0) is 12.1. The molecule has 5 nitrogen and oxygen atoms in total. The Bertz CT molecular complexity index is 477.